The van der Waals surface area contributed by atoms with Gasteiger partial charge in [0.1, 0.15) is 17.5 Å². The highest BCUT2D eigenvalue weighted by molar-refractivity contribution is 6.69. The number of benzene rings is 3. The number of para-hydroxylation sites is 2. The van der Waals surface area contributed by atoms with Crippen molar-refractivity contribution in [3.05, 3.63) is 90.0 Å². The van der Waals surface area contributed by atoms with E-state index in [9.17, 15) is 4.79 Å². The van der Waals surface area contributed by atoms with Crippen LogP contribution < -0.4 is 14.7 Å². The molecule has 6 heteroatoms. The number of methoxy groups -OCH3 is 1. The fourth-order valence-electron chi connectivity index (χ4n) is 3.46. The molecule has 1 atom stereocenters. The van der Waals surface area contributed by atoms with Gasteiger partial charge in [0.2, 0.25) is 8.32 Å². The van der Waals surface area contributed by atoms with Crippen LogP contribution in [0.4, 0.5) is 11.4 Å². The maximum atomic E-state index is 13.9. The van der Waals surface area contributed by atoms with Crippen LogP contribution in [-0.4, -0.2) is 35.3 Å². The molecule has 0 aliphatic carbocycles. The lowest BCUT2D eigenvalue weighted by Crippen LogP contribution is -2.42. The van der Waals surface area contributed by atoms with Crippen molar-refractivity contribution in [2.24, 2.45) is 0 Å². The molecule has 3 rings (SSSR count). The summed E-state index contributed by atoms with van der Waals surface area (Å²) < 4.78 is 12.2. The average Bonchev–Trinajstić information content (AvgIpc) is 2.78. The van der Waals surface area contributed by atoms with Crippen LogP contribution in [0.2, 0.25) is 19.6 Å². The smallest absolute Gasteiger partial charge is 0.220 e. The van der Waals surface area contributed by atoms with E-state index in [-0.39, 0.29) is 5.78 Å². The number of carbonyl (C=O) groups excluding carboxylic acids is 1. The second-order valence-electron chi connectivity index (χ2n) is 8.82. The van der Waals surface area contributed by atoms with E-state index >= 15 is 0 Å². The molecular weight excluding hydrogens is 416 g/mol. The van der Waals surface area contributed by atoms with Gasteiger partial charge >= 0.3 is 0 Å². The molecule has 0 heterocycles. The van der Waals surface area contributed by atoms with E-state index in [0.717, 1.165) is 16.9 Å². The summed E-state index contributed by atoms with van der Waals surface area (Å²) in [7, 11) is 3.52. The van der Waals surface area contributed by atoms with Crippen LogP contribution in [0.5, 0.6) is 5.75 Å². The highest BCUT2D eigenvalue weighted by atomic mass is 28.4. The van der Waals surface area contributed by atoms with Crippen LogP contribution >= 0.6 is 0 Å². The first-order valence-corrected chi connectivity index (χ1v) is 14.1. The lowest BCUT2D eigenvalue weighted by Gasteiger charge is -2.37. The van der Waals surface area contributed by atoms with Crippen LogP contribution in [0.15, 0.2) is 78.9 Å². The Morgan fingerprint density at radius 2 is 1.44 bits per heavy atom. The first-order chi connectivity index (χ1) is 15.2. The lowest BCUT2D eigenvalue weighted by molar-refractivity contribution is 0.0905. The van der Waals surface area contributed by atoms with E-state index in [0.29, 0.717) is 11.3 Å². The molecule has 0 saturated carbocycles. The van der Waals surface area contributed by atoms with Gasteiger partial charge in [0.25, 0.3) is 0 Å². The van der Waals surface area contributed by atoms with Crippen molar-refractivity contribution in [2.45, 2.75) is 25.7 Å². The number of rotatable bonds is 9. The molecule has 0 spiro atoms. The second kappa shape index (κ2) is 10.0. The Kier molecular flexibility index (Phi) is 7.38. The largest absolute Gasteiger partial charge is 0.494 e. The molecule has 0 amide bonds. The Morgan fingerprint density at radius 3 is 2.00 bits per heavy atom. The number of carbonyl (C=O) groups is 1. The molecular formula is C26H32N2O3Si. The van der Waals surface area contributed by atoms with E-state index in [1.807, 2.05) is 97.9 Å². The summed E-state index contributed by atoms with van der Waals surface area (Å²) >= 11 is 0. The Hall–Kier alpha value is -3.09. The first-order valence-electron chi connectivity index (χ1n) is 10.7. The molecule has 5 nitrogen and oxygen atoms in total. The van der Waals surface area contributed by atoms with Crippen LogP contribution in [-0.2, 0) is 4.53 Å². The van der Waals surface area contributed by atoms with Gasteiger partial charge in [-0.25, -0.2) is 5.06 Å². The molecule has 0 radical (unpaired) electrons. The molecule has 3 aromatic rings. The van der Waals surface area contributed by atoms with Gasteiger partial charge < -0.3 is 14.2 Å². The lowest BCUT2D eigenvalue weighted by atomic mass is 9.96. The Bertz CT molecular complexity index is 1030. The summed E-state index contributed by atoms with van der Waals surface area (Å²) in [6.07, 6.45) is 0. The van der Waals surface area contributed by atoms with E-state index in [1.165, 1.54) is 0 Å². The molecule has 0 bridgehead atoms. The molecule has 0 N–H and O–H groups in total. The number of ketones is 1. The van der Waals surface area contributed by atoms with Gasteiger partial charge in [-0.2, -0.15) is 0 Å². The predicted molar refractivity (Wildman–Crippen MR) is 134 cm³/mol. The molecule has 0 aromatic heterocycles. The SMILES string of the molecule is COc1ccccc1N(O[Si](C)(C)C)[C@@H](C(=O)c1ccccc1)c1ccc(N(C)C)cc1. The summed E-state index contributed by atoms with van der Waals surface area (Å²) in [4.78, 5) is 15.9. The fraction of sp³-hybridized carbons (Fsp3) is 0.269. The minimum Gasteiger partial charge on any atom is -0.494 e. The monoisotopic (exact) mass is 448 g/mol. The topological polar surface area (TPSA) is 42.0 Å². The molecule has 0 aliphatic rings. The van der Waals surface area contributed by atoms with Crippen molar-refractivity contribution in [2.75, 3.05) is 31.2 Å². The minimum atomic E-state index is -2.10. The van der Waals surface area contributed by atoms with Crippen LogP contribution in [0, 0.1) is 0 Å². The van der Waals surface area contributed by atoms with Gasteiger partial charge in [-0.3, -0.25) is 4.79 Å². The first kappa shape index (κ1) is 23.6. The third-order valence-electron chi connectivity index (χ3n) is 4.96. The maximum Gasteiger partial charge on any atom is 0.220 e. The number of hydrogen-bond acceptors (Lipinski definition) is 5. The zero-order valence-electron chi connectivity index (χ0n) is 19.7. The number of ether oxygens (including phenoxy) is 1. The molecule has 0 aliphatic heterocycles. The van der Waals surface area contributed by atoms with Gasteiger partial charge in [-0.05, 0) is 49.5 Å². The maximum absolute atomic E-state index is 13.9. The fourth-order valence-corrected chi connectivity index (χ4v) is 4.25. The van der Waals surface area contributed by atoms with Gasteiger partial charge in [0, 0.05) is 25.3 Å². The number of anilines is 2. The number of Topliss-reactive ketones (excluding diaryl/α,β-unsaturated/α-hetero) is 1. The summed E-state index contributed by atoms with van der Waals surface area (Å²) in [6.45, 7) is 6.32. The van der Waals surface area contributed by atoms with Crippen LogP contribution in [0.25, 0.3) is 0 Å². The number of hydrogen-bond donors (Lipinski definition) is 0. The molecule has 32 heavy (non-hydrogen) atoms. The summed E-state index contributed by atoms with van der Waals surface area (Å²) in [5, 5.41) is 1.76. The molecule has 3 aromatic carbocycles. The van der Waals surface area contributed by atoms with E-state index < -0.39 is 14.4 Å². The molecule has 168 valence electrons. The number of nitrogens with zero attached hydrogens (tertiary/aromatic N) is 2. The average molecular weight is 449 g/mol. The molecule has 0 fully saturated rings. The quantitative estimate of drug-likeness (QED) is 0.230. The van der Waals surface area contributed by atoms with Gasteiger partial charge in [-0.15, -0.1) is 0 Å². The highest BCUT2D eigenvalue weighted by Crippen LogP contribution is 2.38. The number of hydroxylamine groups is 1. The van der Waals surface area contributed by atoms with Crippen molar-refractivity contribution in [1.29, 1.82) is 0 Å². The Balaban J connectivity index is 2.19. The van der Waals surface area contributed by atoms with Gasteiger partial charge in [0.15, 0.2) is 5.78 Å². The van der Waals surface area contributed by atoms with Crippen molar-refractivity contribution in [1.82, 2.24) is 0 Å². The standard InChI is InChI=1S/C26H32N2O3Si/c1-27(2)22-18-16-20(17-19-22)25(26(29)21-12-8-7-9-13-21)28(31-32(4,5)6)23-14-10-11-15-24(23)30-3/h7-19,25H,1-6H3/t25-/m1/s1. The molecule has 0 saturated heterocycles. The summed E-state index contributed by atoms with van der Waals surface area (Å²) in [5.74, 6) is 0.619. The van der Waals surface area contributed by atoms with Gasteiger partial charge in [0.05, 0.1) is 7.11 Å². The van der Waals surface area contributed by atoms with Crippen molar-refractivity contribution in [3.63, 3.8) is 0 Å². The van der Waals surface area contributed by atoms with E-state index in [2.05, 4.69) is 19.6 Å². The van der Waals surface area contributed by atoms with Crippen molar-refractivity contribution in [3.8, 4) is 5.75 Å². The third-order valence-corrected chi connectivity index (χ3v) is 5.71. The highest BCUT2D eigenvalue weighted by Gasteiger charge is 2.35. The zero-order valence-corrected chi connectivity index (χ0v) is 20.7. The van der Waals surface area contributed by atoms with Crippen molar-refractivity contribution < 1.29 is 14.1 Å². The van der Waals surface area contributed by atoms with Crippen LogP contribution in [0.1, 0.15) is 22.0 Å². The Labute approximate surface area is 192 Å². The van der Waals surface area contributed by atoms with Crippen molar-refractivity contribution >= 4 is 25.5 Å². The predicted octanol–water partition coefficient (Wildman–Crippen LogP) is 5.96. The minimum absolute atomic E-state index is 0.0349. The van der Waals surface area contributed by atoms with E-state index in [1.54, 1.807) is 12.2 Å². The third kappa shape index (κ3) is 5.58. The zero-order chi connectivity index (χ0) is 23.3. The summed E-state index contributed by atoms with van der Waals surface area (Å²) in [5.41, 5.74) is 3.28. The normalized spacial score (nSPS) is 12.2. The Morgan fingerprint density at radius 1 is 0.844 bits per heavy atom. The van der Waals surface area contributed by atoms with Crippen LogP contribution in [0.3, 0.4) is 0 Å². The molecule has 0 unspecified atom stereocenters. The second-order valence-corrected chi connectivity index (χ2v) is 13.2. The van der Waals surface area contributed by atoms with Gasteiger partial charge in [-0.1, -0.05) is 54.6 Å². The van der Waals surface area contributed by atoms with E-state index in [4.69, 9.17) is 9.26 Å². The summed E-state index contributed by atoms with van der Waals surface area (Å²) in [6, 6.07) is 24.4.